The van der Waals surface area contributed by atoms with E-state index in [9.17, 15) is 18.8 Å². The topological polar surface area (TPSA) is 132 Å². The van der Waals surface area contributed by atoms with E-state index < -0.39 is 27.8 Å². The lowest BCUT2D eigenvalue weighted by Crippen LogP contribution is -2.54. The molecule has 3 aromatic rings. The lowest BCUT2D eigenvalue weighted by atomic mass is 9.86. The molecule has 0 aliphatic carbocycles. The number of aliphatic imine (C=N–C) groups is 1. The fraction of sp³-hybridized carbons (Fsp3) is 0.333. The van der Waals surface area contributed by atoms with Gasteiger partial charge in [0.2, 0.25) is 16.0 Å². The summed E-state index contributed by atoms with van der Waals surface area (Å²) in [5.41, 5.74) is 6.91. The number of aliphatic hydroxyl groups is 1. The van der Waals surface area contributed by atoms with Crippen molar-refractivity contribution in [3.05, 3.63) is 88.9 Å². The summed E-state index contributed by atoms with van der Waals surface area (Å²) in [4.78, 5) is 5.49. The van der Waals surface area contributed by atoms with Crippen LogP contribution in [-0.2, 0) is 10.0 Å². The predicted molar refractivity (Wildman–Crippen MR) is 157 cm³/mol. The molecule has 214 valence electrons. The largest absolute Gasteiger partial charge is 0.485 e. The van der Waals surface area contributed by atoms with Gasteiger partial charge < -0.3 is 15.6 Å². The molecule has 0 saturated carbocycles. The van der Waals surface area contributed by atoms with Crippen LogP contribution in [0, 0.1) is 11.5 Å². The lowest BCUT2D eigenvalue weighted by molar-refractivity contribution is -0.0752. The molecule has 2 heterocycles. The maximum absolute atomic E-state index is 14.1. The average Bonchev–Trinajstić information content (AvgIpc) is 2.96. The second-order valence-electron chi connectivity index (χ2n) is 10.7. The zero-order valence-electron chi connectivity index (χ0n) is 22.8. The molecule has 9 nitrogen and oxygen atoms in total. The fourth-order valence-corrected chi connectivity index (χ4v) is 7.32. The van der Waals surface area contributed by atoms with Crippen molar-refractivity contribution >= 4 is 33.3 Å². The van der Waals surface area contributed by atoms with Crippen molar-refractivity contribution in [2.24, 2.45) is 10.7 Å². The van der Waals surface area contributed by atoms with Crippen molar-refractivity contribution in [1.29, 1.82) is 5.26 Å². The Kier molecular flexibility index (Phi) is 7.99. The molecule has 0 radical (unpaired) electrons. The predicted octanol–water partition coefficient (Wildman–Crippen LogP) is 5.26. The van der Waals surface area contributed by atoms with Crippen LogP contribution < -0.4 is 10.5 Å². The van der Waals surface area contributed by atoms with Crippen LogP contribution in [0.1, 0.15) is 56.3 Å². The molecule has 11 heteroatoms. The van der Waals surface area contributed by atoms with Gasteiger partial charge in [-0.25, -0.2) is 18.3 Å². The van der Waals surface area contributed by atoms with E-state index in [1.165, 1.54) is 12.1 Å². The smallest absolute Gasteiger partial charge is 0.243 e. The van der Waals surface area contributed by atoms with Crippen molar-refractivity contribution in [2.75, 3.05) is 6.54 Å². The first kappa shape index (κ1) is 28.9. The third kappa shape index (κ3) is 5.63. The Morgan fingerprint density at radius 3 is 2.54 bits per heavy atom. The Bertz CT molecular complexity index is 1590. The van der Waals surface area contributed by atoms with Crippen LogP contribution >= 0.6 is 11.6 Å². The third-order valence-electron chi connectivity index (χ3n) is 7.63. The summed E-state index contributed by atoms with van der Waals surface area (Å²) in [5.74, 6) is 0.179. The number of nitrogens with two attached hydrogens (primary N) is 1. The lowest BCUT2D eigenvalue weighted by Gasteiger charge is -2.44. The van der Waals surface area contributed by atoms with Crippen molar-refractivity contribution in [3.8, 4) is 11.9 Å². The van der Waals surface area contributed by atoms with Crippen LogP contribution in [0.25, 0.3) is 0 Å². The van der Waals surface area contributed by atoms with Gasteiger partial charge in [0.15, 0.2) is 6.19 Å². The van der Waals surface area contributed by atoms with Crippen LogP contribution in [0.5, 0.6) is 5.75 Å². The monoisotopic (exact) mass is 593 g/mol. The first-order valence-corrected chi connectivity index (χ1v) is 15.2. The van der Waals surface area contributed by atoms with Crippen LogP contribution in [0.2, 0.25) is 5.02 Å². The number of hydrogen-bond acceptors (Lipinski definition) is 6. The molecule has 0 amide bonds. The molecule has 1 fully saturated rings. The highest BCUT2D eigenvalue weighted by Gasteiger charge is 2.47. The normalized spacial score (nSPS) is 22.7. The SMILES string of the molecule is CC1(C)Oc2ccc(S(=O)(=O)N3CCCCC3c3ccccc3)cc2C(N(C#N)C(N)=Nc2ccc(Cl)cc2)C1O. The maximum Gasteiger partial charge on any atom is 0.243 e. The summed E-state index contributed by atoms with van der Waals surface area (Å²) in [6.45, 7) is 3.77. The van der Waals surface area contributed by atoms with Gasteiger partial charge in [-0.05, 0) is 74.7 Å². The Morgan fingerprint density at radius 1 is 1.15 bits per heavy atom. The number of benzene rings is 3. The summed E-state index contributed by atoms with van der Waals surface area (Å²) in [7, 11) is -3.95. The summed E-state index contributed by atoms with van der Waals surface area (Å²) in [6, 6.07) is 19.4. The number of ether oxygens (including phenoxy) is 1. The van der Waals surface area contributed by atoms with Gasteiger partial charge in [-0.1, -0.05) is 48.4 Å². The first-order valence-electron chi connectivity index (χ1n) is 13.4. The number of aliphatic hydroxyl groups excluding tert-OH is 1. The molecule has 1 saturated heterocycles. The standard InChI is InChI=1S/C30H32ClN5O4S/c1-30(2)28(37)27(35(19-32)29(33)34-22-13-11-21(31)12-14-22)24-18-23(15-16-26(24)40-30)41(38,39)36-17-7-6-10-25(36)20-8-4-3-5-9-20/h3-5,8-9,11-16,18,25,27-28,37H,6-7,10,17H2,1-2H3,(H2,33,34). The van der Waals surface area contributed by atoms with Gasteiger partial charge in [0, 0.05) is 17.1 Å². The maximum atomic E-state index is 14.1. The molecular formula is C30H32ClN5O4S. The molecule has 2 aliphatic heterocycles. The number of nitriles is 1. The van der Waals surface area contributed by atoms with Crippen molar-refractivity contribution < 1.29 is 18.3 Å². The van der Waals surface area contributed by atoms with Crippen LogP contribution in [0.3, 0.4) is 0 Å². The number of halogens is 1. The number of hydrogen-bond donors (Lipinski definition) is 2. The Morgan fingerprint density at radius 2 is 1.85 bits per heavy atom. The number of piperidine rings is 1. The van der Waals surface area contributed by atoms with E-state index in [2.05, 4.69) is 4.99 Å². The van der Waals surface area contributed by atoms with Crippen molar-refractivity contribution in [2.45, 2.75) is 61.8 Å². The highest BCUT2D eigenvalue weighted by molar-refractivity contribution is 7.89. The van der Waals surface area contributed by atoms with Gasteiger partial charge in [0.25, 0.3) is 0 Å². The molecule has 41 heavy (non-hydrogen) atoms. The number of guanidine groups is 1. The minimum atomic E-state index is -3.95. The molecule has 3 aromatic carbocycles. The summed E-state index contributed by atoms with van der Waals surface area (Å²) < 4.78 is 35.8. The summed E-state index contributed by atoms with van der Waals surface area (Å²) >= 11 is 5.98. The number of rotatable bonds is 5. The number of fused-ring (bicyclic) bond motifs is 1. The van der Waals surface area contributed by atoms with Gasteiger partial charge in [0.1, 0.15) is 23.5 Å². The molecular weight excluding hydrogens is 562 g/mol. The Labute approximate surface area is 245 Å². The second-order valence-corrected chi connectivity index (χ2v) is 13.1. The van der Waals surface area contributed by atoms with Crippen LogP contribution in [0.15, 0.2) is 82.7 Å². The summed E-state index contributed by atoms with van der Waals surface area (Å²) in [6.07, 6.45) is 3.19. The number of nitrogens with zero attached hydrogens (tertiary/aromatic N) is 4. The van der Waals surface area contributed by atoms with E-state index >= 15 is 0 Å². The van der Waals surface area contributed by atoms with E-state index in [-0.39, 0.29) is 16.9 Å². The van der Waals surface area contributed by atoms with E-state index in [4.69, 9.17) is 22.1 Å². The van der Waals surface area contributed by atoms with Gasteiger partial charge in [-0.2, -0.15) is 9.57 Å². The highest BCUT2D eigenvalue weighted by atomic mass is 35.5. The zero-order chi connectivity index (χ0) is 29.4. The first-order chi connectivity index (χ1) is 19.5. The molecule has 0 aromatic heterocycles. The third-order valence-corrected chi connectivity index (χ3v) is 9.79. The molecule has 5 rings (SSSR count). The minimum absolute atomic E-state index is 0.0469. The van der Waals surface area contributed by atoms with E-state index in [0.29, 0.717) is 35.0 Å². The summed E-state index contributed by atoms with van der Waals surface area (Å²) in [5, 5.41) is 22.1. The van der Waals surface area contributed by atoms with E-state index in [0.717, 1.165) is 23.3 Å². The molecule has 3 N–H and O–H groups in total. The van der Waals surface area contributed by atoms with Crippen LogP contribution in [0.4, 0.5) is 5.69 Å². The Balaban J connectivity index is 1.57. The fourth-order valence-electron chi connectivity index (χ4n) is 5.48. The van der Waals surface area contributed by atoms with E-state index in [1.54, 1.807) is 48.5 Å². The minimum Gasteiger partial charge on any atom is -0.485 e. The molecule has 0 spiro atoms. The van der Waals surface area contributed by atoms with Gasteiger partial charge >= 0.3 is 0 Å². The molecule has 2 aliphatic rings. The van der Waals surface area contributed by atoms with E-state index in [1.807, 2.05) is 36.5 Å². The molecule has 3 unspecified atom stereocenters. The highest BCUT2D eigenvalue weighted by Crippen LogP contribution is 2.45. The number of sulfonamides is 1. The molecule has 0 bridgehead atoms. The second kappa shape index (κ2) is 11.3. The van der Waals surface area contributed by atoms with Crippen LogP contribution in [-0.4, -0.2) is 46.9 Å². The zero-order valence-corrected chi connectivity index (χ0v) is 24.4. The van der Waals surface area contributed by atoms with Crippen molar-refractivity contribution in [1.82, 2.24) is 9.21 Å². The molecule has 3 atom stereocenters. The Hall–Kier alpha value is -3.62. The van der Waals surface area contributed by atoms with Gasteiger partial charge in [0.05, 0.1) is 16.6 Å². The van der Waals surface area contributed by atoms with Gasteiger partial charge in [-0.15, -0.1) is 0 Å². The quantitative estimate of drug-likeness (QED) is 0.178. The average molecular weight is 594 g/mol. The van der Waals surface area contributed by atoms with Crippen molar-refractivity contribution in [3.63, 3.8) is 0 Å². The van der Waals surface area contributed by atoms with Gasteiger partial charge in [-0.3, -0.25) is 0 Å².